The van der Waals surface area contributed by atoms with Crippen molar-refractivity contribution in [2.75, 3.05) is 26.2 Å². The molecule has 112 valence electrons. The fourth-order valence-electron chi connectivity index (χ4n) is 4.10. The molecule has 4 saturated heterocycles. The molecule has 21 heavy (non-hydrogen) atoms. The Labute approximate surface area is 123 Å². The summed E-state index contributed by atoms with van der Waals surface area (Å²) < 4.78 is 13.5. The zero-order chi connectivity index (χ0) is 14.4. The van der Waals surface area contributed by atoms with Gasteiger partial charge in [0.05, 0.1) is 6.54 Å². The summed E-state index contributed by atoms with van der Waals surface area (Å²) in [5.74, 6) is 0.487. The summed E-state index contributed by atoms with van der Waals surface area (Å²) in [5, 5.41) is 3.25. The van der Waals surface area contributed by atoms with E-state index in [1.54, 1.807) is 6.07 Å². The molecule has 5 heteroatoms. The molecule has 4 aliphatic rings. The van der Waals surface area contributed by atoms with Gasteiger partial charge in [0, 0.05) is 12.6 Å². The predicted molar refractivity (Wildman–Crippen MR) is 76.9 cm³/mol. The van der Waals surface area contributed by atoms with Gasteiger partial charge in [-0.25, -0.2) is 4.39 Å². The molecule has 0 spiro atoms. The highest BCUT2D eigenvalue weighted by molar-refractivity contribution is 5.81. The van der Waals surface area contributed by atoms with Gasteiger partial charge >= 0.3 is 0 Å². The van der Waals surface area contributed by atoms with Crippen LogP contribution < -0.4 is 5.32 Å². The summed E-state index contributed by atoms with van der Waals surface area (Å²) >= 11 is 0. The molecule has 1 aromatic carbocycles. The van der Waals surface area contributed by atoms with Gasteiger partial charge in [0.15, 0.2) is 0 Å². The number of halogens is 1. The van der Waals surface area contributed by atoms with E-state index in [9.17, 15) is 9.18 Å². The highest BCUT2D eigenvalue weighted by Crippen LogP contribution is 2.36. The van der Waals surface area contributed by atoms with Crippen LogP contribution in [0, 0.1) is 11.7 Å². The second-order valence-corrected chi connectivity index (χ2v) is 6.34. The number of fused-ring (bicyclic) bond motifs is 3. The summed E-state index contributed by atoms with van der Waals surface area (Å²) in [6.45, 7) is 3.62. The zero-order valence-corrected chi connectivity index (χ0v) is 12.0. The first kappa shape index (κ1) is 13.2. The van der Waals surface area contributed by atoms with Crippen LogP contribution in [0.2, 0.25) is 0 Å². The summed E-state index contributed by atoms with van der Waals surface area (Å²) in [7, 11) is 0. The maximum atomic E-state index is 13.5. The first-order valence-electron chi connectivity index (χ1n) is 7.75. The van der Waals surface area contributed by atoms with Crippen LogP contribution in [0.25, 0.3) is 0 Å². The van der Waals surface area contributed by atoms with E-state index in [4.69, 9.17) is 0 Å². The molecule has 5 rings (SSSR count). The summed E-state index contributed by atoms with van der Waals surface area (Å²) in [6.07, 6.45) is 2.16. The van der Waals surface area contributed by atoms with Gasteiger partial charge in [-0.2, -0.15) is 0 Å². The van der Waals surface area contributed by atoms with Crippen LogP contribution in [-0.2, 0) is 4.79 Å². The fraction of sp³-hybridized carbons (Fsp3) is 0.562. The van der Waals surface area contributed by atoms with Crippen molar-refractivity contribution >= 4 is 5.91 Å². The maximum Gasteiger partial charge on any atom is 0.238 e. The second-order valence-electron chi connectivity index (χ2n) is 6.34. The third-order valence-corrected chi connectivity index (χ3v) is 5.16. The number of nitrogens with one attached hydrogen (secondary N) is 1. The lowest BCUT2D eigenvalue weighted by Gasteiger charge is -2.49. The molecule has 1 amide bonds. The number of piperidine rings is 3. The fourth-order valence-corrected chi connectivity index (χ4v) is 4.10. The van der Waals surface area contributed by atoms with Crippen LogP contribution in [0.1, 0.15) is 24.6 Å². The van der Waals surface area contributed by atoms with E-state index in [2.05, 4.69) is 10.2 Å². The number of carbonyl (C=O) groups is 1. The lowest BCUT2D eigenvalue weighted by Crippen LogP contribution is -2.58. The first-order chi connectivity index (χ1) is 10.2. The quantitative estimate of drug-likeness (QED) is 0.893. The molecular formula is C16H20FN3O. The van der Waals surface area contributed by atoms with Crippen molar-refractivity contribution in [3.63, 3.8) is 0 Å². The van der Waals surface area contributed by atoms with Crippen LogP contribution in [0.3, 0.4) is 0 Å². The Bertz CT molecular complexity index is 556. The minimum atomic E-state index is -0.248. The Morgan fingerprint density at radius 1 is 1.24 bits per heavy atom. The monoisotopic (exact) mass is 289 g/mol. The van der Waals surface area contributed by atoms with E-state index >= 15 is 0 Å². The molecule has 4 heterocycles. The number of hydrogen-bond donors (Lipinski definition) is 1. The molecule has 0 aromatic heterocycles. The Balaban J connectivity index is 1.64. The predicted octanol–water partition coefficient (Wildman–Crippen LogP) is 1.35. The Morgan fingerprint density at radius 3 is 2.71 bits per heavy atom. The van der Waals surface area contributed by atoms with Crippen LogP contribution in [-0.4, -0.2) is 47.9 Å². The zero-order valence-electron chi connectivity index (χ0n) is 12.0. The van der Waals surface area contributed by atoms with Crippen molar-refractivity contribution in [2.24, 2.45) is 5.92 Å². The number of nitrogens with zero attached hydrogens (tertiary/aromatic N) is 2. The van der Waals surface area contributed by atoms with Gasteiger partial charge in [0.2, 0.25) is 5.91 Å². The Kier molecular flexibility index (Phi) is 3.19. The summed E-state index contributed by atoms with van der Waals surface area (Å²) in [4.78, 5) is 16.8. The normalized spacial score (nSPS) is 35.5. The Morgan fingerprint density at radius 2 is 2.05 bits per heavy atom. The molecule has 0 aliphatic carbocycles. The molecule has 4 fully saturated rings. The maximum absolute atomic E-state index is 13.5. The molecule has 2 unspecified atom stereocenters. The number of rotatable bonds is 2. The van der Waals surface area contributed by atoms with Gasteiger partial charge in [-0.15, -0.1) is 0 Å². The van der Waals surface area contributed by atoms with Gasteiger partial charge in [-0.05, 0) is 49.5 Å². The van der Waals surface area contributed by atoms with Crippen LogP contribution >= 0.6 is 0 Å². The van der Waals surface area contributed by atoms with Crippen molar-refractivity contribution in [2.45, 2.75) is 25.0 Å². The van der Waals surface area contributed by atoms with E-state index in [1.165, 1.54) is 25.0 Å². The number of amides is 1. The molecule has 4 nitrogen and oxygen atoms in total. The number of hydrogen-bond acceptors (Lipinski definition) is 3. The molecular weight excluding hydrogens is 269 g/mol. The van der Waals surface area contributed by atoms with E-state index in [0.717, 1.165) is 25.2 Å². The molecule has 0 radical (unpaired) electrons. The standard InChI is InChI=1S/C16H20FN3O/c17-13-3-1-2-12(8-13)16-18-9-15(21)20(16)14-10-19-6-4-11(14)5-7-19/h1-3,8,11,14,16,18H,4-7,9-10H2. The summed E-state index contributed by atoms with van der Waals surface area (Å²) in [6, 6.07) is 6.85. The van der Waals surface area contributed by atoms with Gasteiger partial charge in [-0.1, -0.05) is 12.1 Å². The van der Waals surface area contributed by atoms with Crippen molar-refractivity contribution in [1.29, 1.82) is 0 Å². The first-order valence-corrected chi connectivity index (χ1v) is 7.75. The third-order valence-electron chi connectivity index (χ3n) is 5.16. The average Bonchev–Trinajstić information content (AvgIpc) is 2.90. The van der Waals surface area contributed by atoms with Crippen LogP contribution in [0.15, 0.2) is 24.3 Å². The molecule has 1 aromatic rings. The average molecular weight is 289 g/mol. The van der Waals surface area contributed by atoms with Gasteiger partial charge in [-0.3, -0.25) is 10.1 Å². The van der Waals surface area contributed by atoms with Crippen LogP contribution in [0.4, 0.5) is 4.39 Å². The lowest BCUT2D eigenvalue weighted by atomic mass is 9.83. The van der Waals surface area contributed by atoms with E-state index < -0.39 is 0 Å². The highest BCUT2D eigenvalue weighted by atomic mass is 19.1. The SMILES string of the molecule is O=C1CNC(c2cccc(F)c2)N1C1CN2CCC1CC2. The molecule has 2 atom stereocenters. The smallest absolute Gasteiger partial charge is 0.238 e. The lowest BCUT2D eigenvalue weighted by molar-refractivity contribution is -0.135. The minimum Gasteiger partial charge on any atom is -0.317 e. The Hall–Kier alpha value is -1.46. The van der Waals surface area contributed by atoms with Crippen molar-refractivity contribution in [3.05, 3.63) is 35.6 Å². The van der Waals surface area contributed by atoms with E-state index in [1.807, 2.05) is 11.0 Å². The largest absolute Gasteiger partial charge is 0.317 e. The van der Waals surface area contributed by atoms with Crippen molar-refractivity contribution in [1.82, 2.24) is 15.1 Å². The van der Waals surface area contributed by atoms with Crippen LogP contribution in [0.5, 0.6) is 0 Å². The molecule has 2 bridgehead atoms. The summed E-state index contributed by atoms with van der Waals surface area (Å²) in [5.41, 5.74) is 0.845. The van der Waals surface area contributed by atoms with Gasteiger partial charge < -0.3 is 9.80 Å². The topological polar surface area (TPSA) is 35.6 Å². The van der Waals surface area contributed by atoms with Crippen molar-refractivity contribution < 1.29 is 9.18 Å². The van der Waals surface area contributed by atoms with E-state index in [-0.39, 0.29) is 23.9 Å². The van der Waals surface area contributed by atoms with Gasteiger partial charge in [0.1, 0.15) is 12.0 Å². The number of carbonyl (C=O) groups excluding carboxylic acids is 1. The number of benzene rings is 1. The molecule has 4 aliphatic heterocycles. The van der Waals surface area contributed by atoms with Gasteiger partial charge in [0.25, 0.3) is 0 Å². The second kappa shape index (κ2) is 5.07. The van der Waals surface area contributed by atoms with E-state index in [0.29, 0.717) is 12.5 Å². The minimum absolute atomic E-state index is 0.142. The highest BCUT2D eigenvalue weighted by Gasteiger charge is 2.44. The molecule has 1 N–H and O–H groups in total. The third kappa shape index (κ3) is 2.24. The van der Waals surface area contributed by atoms with Crippen molar-refractivity contribution in [3.8, 4) is 0 Å². The molecule has 0 saturated carbocycles.